The third-order valence-corrected chi connectivity index (χ3v) is 3.24. The molecule has 0 amide bonds. The Bertz CT molecular complexity index is 863. The lowest BCUT2D eigenvalue weighted by Crippen LogP contribution is -1.99. The van der Waals surface area contributed by atoms with Crippen molar-refractivity contribution < 1.29 is 0 Å². The summed E-state index contributed by atoms with van der Waals surface area (Å²) in [5, 5.41) is 8.26. The fourth-order valence-electron chi connectivity index (χ4n) is 2.08. The van der Waals surface area contributed by atoms with E-state index in [0.29, 0.717) is 11.6 Å². The van der Waals surface area contributed by atoms with Crippen molar-refractivity contribution in [3.05, 3.63) is 71.6 Å². The van der Waals surface area contributed by atoms with Gasteiger partial charge in [-0.2, -0.15) is 10.2 Å². The number of anilines is 2. The minimum Gasteiger partial charge on any atom is -0.261 e. The maximum absolute atomic E-state index is 4.34. The van der Waals surface area contributed by atoms with Crippen LogP contribution in [0.1, 0.15) is 22.8 Å². The van der Waals surface area contributed by atoms with Gasteiger partial charge < -0.3 is 0 Å². The second-order valence-electron chi connectivity index (χ2n) is 5.44. The fraction of sp³-hybridized carbons (Fsp3) is 0.111. The lowest BCUT2D eigenvalue weighted by molar-refractivity contribution is 1.11. The van der Waals surface area contributed by atoms with Crippen LogP contribution >= 0.6 is 0 Å². The molecule has 0 aliphatic carbocycles. The summed E-state index contributed by atoms with van der Waals surface area (Å²) in [4.78, 5) is 16.9. The van der Waals surface area contributed by atoms with Crippen LogP contribution in [0.3, 0.4) is 0 Å². The van der Waals surface area contributed by atoms with Gasteiger partial charge in [0, 0.05) is 17.5 Å². The zero-order valence-electron chi connectivity index (χ0n) is 14.5. The average Bonchev–Trinajstić information content (AvgIpc) is 2.62. The summed E-state index contributed by atoms with van der Waals surface area (Å²) < 4.78 is 0. The zero-order chi connectivity index (χ0) is 18.2. The van der Waals surface area contributed by atoms with Crippen LogP contribution in [0, 0.1) is 13.8 Å². The van der Waals surface area contributed by atoms with E-state index in [9.17, 15) is 0 Å². The van der Waals surface area contributed by atoms with Gasteiger partial charge in [-0.1, -0.05) is 12.1 Å². The van der Waals surface area contributed by atoms with Gasteiger partial charge >= 0.3 is 0 Å². The number of pyridine rings is 2. The predicted molar refractivity (Wildman–Crippen MR) is 102 cm³/mol. The molecular formula is C18H18N8. The Morgan fingerprint density at radius 1 is 0.769 bits per heavy atom. The van der Waals surface area contributed by atoms with Crippen LogP contribution in [0.15, 0.2) is 59.0 Å². The maximum Gasteiger partial charge on any atom is 0.151 e. The first-order chi connectivity index (χ1) is 12.7. The van der Waals surface area contributed by atoms with E-state index in [0.717, 1.165) is 22.8 Å². The number of aryl methyl sites for hydroxylation is 2. The summed E-state index contributed by atoms with van der Waals surface area (Å²) in [6.07, 6.45) is 4.68. The quantitative estimate of drug-likeness (QED) is 0.526. The highest BCUT2D eigenvalue weighted by molar-refractivity contribution is 5.78. The van der Waals surface area contributed by atoms with Crippen LogP contribution < -0.4 is 10.9 Å². The van der Waals surface area contributed by atoms with Crippen molar-refractivity contribution in [1.29, 1.82) is 0 Å². The van der Waals surface area contributed by atoms with Gasteiger partial charge in [0.05, 0.1) is 23.8 Å². The summed E-state index contributed by atoms with van der Waals surface area (Å²) in [7, 11) is 0. The first-order valence-electron chi connectivity index (χ1n) is 7.96. The summed E-state index contributed by atoms with van der Waals surface area (Å²) in [6.45, 7) is 3.86. The number of hydrogen-bond acceptors (Lipinski definition) is 8. The van der Waals surface area contributed by atoms with Crippen LogP contribution in [-0.4, -0.2) is 32.4 Å². The number of hydrogen-bond donors (Lipinski definition) is 2. The summed E-state index contributed by atoms with van der Waals surface area (Å²) in [5.74, 6) is 1.07. The zero-order valence-corrected chi connectivity index (χ0v) is 14.5. The molecule has 3 rings (SSSR count). The molecule has 0 aliphatic heterocycles. The predicted octanol–water partition coefficient (Wildman–Crippen LogP) is 2.78. The normalized spacial score (nSPS) is 11.2. The minimum absolute atomic E-state index is 0.537. The molecule has 0 radical (unpaired) electrons. The van der Waals surface area contributed by atoms with E-state index in [1.807, 2.05) is 50.2 Å². The molecule has 8 heteroatoms. The lowest BCUT2D eigenvalue weighted by Gasteiger charge is -2.02. The van der Waals surface area contributed by atoms with E-state index in [-0.39, 0.29) is 0 Å². The highest BCUT2D eigenvalue weighted by Gasteiger charge is 1.97. The molecule has 3 aromatic rings. The maximum atomic E-state index is 4.34. The molecule has 3 heterocycles. The molecule has 0 fully saturated rings. The summed E-state index contributed by atoms with van der Waals surface area (Å²) in [5.41, 5.74) is 9.08. The number of hydrazone groups is 2. The molecule has 0 aromatic carbocycles. The lowest BCUT2D eigenvalue weighted by atomic mass is 10.3. The molecule has 2 N–H and O–H groups in total. The fourth-order valence-corrected chi connectivity index (χ4v) is 2.08. The molecular weight excluding hydrogens is 328 g/mol. The standard InChI is InChI=1S/C18H18N8/c1-13-5-3-7-15(23-13)10-21-25-17-9-18(20-12-19-17)26-22-11-16-8-4-6-14(2)24-16/h3-12H,1-2H3,(H2,19,20,25,26)/b21-10+,22-11+. The van der Waals surface area contributed by atoms with Gasteiger partial charge in [-0.25, -0.2) is 9.97 Å². The Morgan fingerprint density at radius 3 is 1.73 bits per heavy atom. The summed E-state index contributed by atoms with van der Waals surface area (Å²) >= 11 is 0. The Kier molecular flexibility index (Phi) is 5.56. The molecule has 0 spiro atoms. The Morgan fingerprint density at radius 2 is 1.27 bits per heavy atom. The highest BCUT2D eigenvalue weighted by atomic mass is 15.3. The molecule has 0 saturated heterocycles. The molecule has 0 unspecified atom stereocenters. The topological polar surface area (TPSA) is 100 Å². The number of nitrogens with zero attached hydrogens (tertiary/aromatic N) is 6. The van der Waals surface area contributed by atoms with Crippen LogP contribution in [0.5, 0.6) is 0 Å². The second-order valence-corrected chi connectivity index (χ2v) is 5.44. The van der Waals surface area contributed by atoms with Crippen molar-refractivity contribution in [2.24, 2.45) is 10.2 Å². The van der Waals surface area contributed by atoms with Gasteiger partial charge in [-0.15, -0.1) is 0 Å². The largest absolute Gasteiger partial charge is 0.261 e. The molecule has 0 bridgehead atoms. The highest BCUT2D eigenvalue weighted by Crippen LogP contribution is 2.08. The van der Waals surface area contributed by atoms with Crippen LogP contribution in [-0.2, 0) is 0 Å². The van der Waals surface area contributed by atoms with Crippen molar-refractivity contribution in [1.82, 2.24) is 19.9 Å². The van der Waals surface area contributed by atoms with Gasteiger partial charge in [-0.3, -0.25) is 20.8 Å². The van der Waals surface area contributed by atoms with Crippen molar-refractivity contribution in [2.75, 3.05) is 10.9 Å². The Balaban J connectivity index is 1.59. The molecule has 8 nitrogen and oxygen atoms in total. The third-order valence-electron chi connectivity index (χ3n) is 3.24. The smallest absolute Gasteiger partial charge is 0.151 e. The van der Waals surface area contributed by atoms with Gasteiger partial charge in [0.15, 0.2) is 11.6 Å². The third kappa shape index (κ3) is 5.17. The molecule has 0 saturated carbocycles. The van der Waals surface area contributed by atoms with E-state index >= 15 is 0 Å². The molecule has 3 aromatic heterocycles. The SMILES string of the molecule is Cc1cccc(/C=N/Nc2cc(N/N=C/c3cccc(C)n3)ncn2)n1. The Labute approximate surface area is 151 Å². The van der Waals surface area contributed by atoms with Gasteiger partial charge in [0.2, 0.25) is 0 Å². The molecule has 130 valence electrons. The van der Waals surface area contributed by atoms with E-state index in [1.165, 1.54) is 6.33 Å². The monoisotopic (exact) mass is 346 g/mol. The Hall–Kier alpha value is -3.68. The first kappa shape index (κ1) is 17.2. The minimum atomic E-state index is 0.537. The van der Waals surface area contributed by atoms with Crippen molar-refractivity contribution in [2.45, 2.75) is 13.8 Å². The van der Waals surface area contributed by atoms with Crippen molar-refractivity contribution in [3.63, 3.8) is 0 Å². The molecule has 26 heavy (non-hydrogen) atoms. The van der Waals surface area contributed by atoms with Crippen molar-refractivity contribution in [3.8, 4) is 0 Å². The number of nitrogens with one attached hydrogen (secondary N) is 2. The average molecular weight is 346 g/mol. The van der Waals surface area contributed by atoms with Crippen LogP contribution in [0.4, 0.5) is 11.6 Å². The number of aromatic nitrogens is 4. The van der Waals surface area contributed by atoms with Crippen LogP contribution in [0.2, 0.25) is 0 Å². The van der Waals surface area contributed by atoms with E-state index in [4.69, 9.17) is 0 Å². The van der Waals surface area contributed by atoms with E-state index < -0.39 is 0 Å². The van der Waals surface area contributed by atoms with Crippen molar-refractivity contribution >= 4 is 24.1 Å². The van der Waals surface area contributed by atoms with Crippen LogP contribution in [0.25, 0.3) is 0 Å². The first-order valence-corrected chi connectivity index (χ1v) is 7.96. The van der Waals surface area contributed by atoms with E-state index in [1.54, 1.807) is 18.5 Å². The molecule has 0 atom stereocenters. The van der Waals surface area contributed by atoms with Gasteiger partial charge in [0.1, 0.15) is 6.33 Å². The van der Waals surface area contributed by atoms with Gasteiger partial charge in [0.25, 0.3) is 0 Å². The second kappa shape index (κ2) is 8.43. The van der Waals surface area contributed by atoms with E-state index in [2.05, 4.69) is 41.0 Å². The molecule has 0 aliphatic rings. The van der Waals surface area contributed by atoms with Gasteiger partial charge in [-0.05, 0) is 38.1 Å². The summed E-state index contributed by atoms with van der Waals surface area (Å²) in [6, 6.07) is 13.2. The number of rotatable bonds is 6.